The van der Waals surface area contributed by atoms with Crippen LogP contribution in [0, 0.1) is 5.82 Å². The van der Waals surface area contributed by atoms with Crippen LogP contribution in [-0.2, 0) is 11.3 Å². The van der Waals surface area contributed by atoms with Gasteiger partial charge in [0.15, 0.2) is 0 Å². The summed E-state index contributed by atoms with van der Waals surface area (Å²) in [4.78, 5) is 2.24. The topological polar surface area (TPSA) is 12.5 Å². The zero-order valence-electron chi connectivity index (χ0n) is 11.1. The summed E-state index contributed by atoms with van der Waals surface area (Å²) in [6.07, 6.45) is 0.0163. The van der Waals surface area contributed by atoms with Gasteiger partial charge in [-0.3, -0.25) is 4.90 Å². The van der Waals surface area contributed by atoms with Crippen LogP contribution in [0.3, 0.4) is 0 Å². The Kier molecular flexibility index (Phi) is 4.72. The van der Waals surface area contributed by atoms with Gasteiger partial charge in [0, 0.05) is 25.5 Å². The van der Waals surface area contributed by atoms with Crippen molar-refractivity contribution < 1.29 is 9.13 Å². The molecule has 1 fully saturated rings. The molecule has 1 aromatic carbocycles. The molecule has 1 unspecified atom stereocenters. The van der Waals surface area contributed by atoms with Crippen molar-refractivity contribution in [3.63, 3.8) is 0 Å². The van der Waals surface area contributed by atoms with Crippen LogP contribution >= 0.6 is 23.2 Å². The molecule has 19 heavy (non-hydrogen) atoms. The number of rotatable bonds is 3. The molecular formula is C14H18Cl2FNO. The lowest BCUT2D eigenvalue weighted by molar-refractivity contribution is -0.129. The quantitative estimate of drug-likeness (QED) is 0.790. The Morgan fingerprint density at radius 2 is 2.21 bits per heavy atom. The van der Waals surface area contributed by atoms with E-state index < -0.39 is 0 Å². The molecule has 1 aliphatic rings. The van der Waals surface area contributed by atoms with Crippen LogP contribution in [0.25, 0.3) is 0 Å². The van der Waals surface area contributed by atoms with E-state index in [0.717, 1.165) is 18.7 Å². The van der Waals surface area contributed by atoms with Gasteiger partial charge in [0.05, 0.1) is 16.7 Å². The van der Waals surface area contributed by atoms with E-state index in [1.54, 1.807) is 6.07 Å². The molecule has 0 bridgehead atoms. The van der Waals surface area contributed by atoms with Gasteiger partial charge in [0.25, 0.3) is 0 Å². The summed E-state index contributed by atoms with van der Waals surface area (Å²) in [6.45, 7) is 6.32. The van der Waals surface area contributed by atoms with Gasteiger partial charge in [-0.1, -0.05) is 17.7 Å². The van der Waals surface area contributed by atoms with Crippen molar-refractivity contribution in [1.29, 1.82) is 0 Å². The number of hydrogen-bond acceptors (Lipinski definition) is 2. The Balaban J connectivity index is 2.07. The Hall–Kier alpha value is -0.350. The average Bonchev–Trinajstić information content (AvgIpc) is 2.32. The molecule has 1 heterocycles. The van der Waals surface area contributed by atoms with Gasteiger partial charge < -0.3 is 4.74 Å². The number of halogens is 3. The lowest BCUT2D eigenvalue weighted by Gasteiger charge is -2.42. The molecular weight excluding hydrogens is 288 g/mol. The number of morpholine rings is 1. The van der Waals surface area contributed by atoms with Crippen LogP contribution < -0.4 is 0 Å². The Bertz CT molecular complexity index is 453. The Morgan fingerprint density at radius 3 is 2.84 bits per heavy atom. The third kappa shape index (κ3) is 4.06. The molecule has 2 nitrogen and oxygen atoms in total. The van der Waals surface area contributed by atoms with Crippen molar-refractivity contribution in [2.24, 2.45) is 0 Å². The lowest BCUT2D eigenvalue weighted by atomic mass is 10.0. The molecule has 0 radical (unpaired) electrons. The van der Waals surface area contributed by atoms with E-state index in [9.17, 15) is 4.39 Å². The molecule has 0 amide bonds. The normalized spacial score (nSPS) is 23.5. The van der Waals surface area contributed by atoms with Gasteiger partial charge in [-0.15, -0.1) is 11.6 Å². The summed E-state index contributed by atoms with van der Waals surface area (Å²) in [5.74, 6) is 0.0927. The molecule has 0 spiro atoms. The molecule has 2 rings (SSSR count). The van der Waals surface area contributed by atoms with Crippen LogP contribution in [0.15, 0.2) is 18.2 Å². The fourth-order valence-electron chi connectivity index (χ4n) is 2.51. The lowest BCUT2D eigenvalue weighted by Crippen LogP contribution is -2.52. The molecule has 1 atom stereocenters. The second kappa shape index (κ2) is 5.96. The van der Waals surface area contributed by atoms with Gasteiger partial charge in [0.1, 0.15) is 5.82 Å². The standard InChI is InChI=1S/C14H18Cl2FNO/c1-14(2)9-18(8-11(6-15)19-14)7-10-3-4-12(16)13(17)5-10/h3-5,11H,6-9H2,1-2H3. The molecule has 0 aliphatic carbocycles. The molecule has 5 heteroatoms. The summed E-state index contributed by atoms with van der Waals surface area (Å²) in [5, 5.41) is 0.157. The predicted molar refractivity (Wildman–Crippen MR) is 76.4 cm³/mol. The summed E-state index contributed by atoms with van der Waals surface area (Å²) < 4.78 is 19.3. The van der Waals surface area contributed by atoms with Crippen LogP contribution in [0.2, 0.25) is 5.02 Å². The Labute approximate surface area is 123 Å². The van der Waals surface area contributed by atoms with E-state index in [-0.39, 0.29) is 22.5 Å². The maximum Gasteiger partial charge on any atom is 0.142 e. The highest BCUT2D eigenvalue weighted by molar-refractivity contribution is 6.30. The van der Waals surface area contributed by atoms with Gasteiger partial charge >= 0.3 is 0 Å². The summed E-state index contributed by atoms with van der Waals surface area (Å²) >= 11 is 11.6. The van der Waals surface area contributed by atoms with Gasteiger partial charge in [-0.2, -0.15) is 0 Å². The van der Waals surface area contributed by atoms with E-state index in [4.69, 9.17) is 27.9 Å². The third-order valence-electron chi connectivity index (χ3n) is 3.11. The fourth-order valence-corrected chi connectivity index (χ4v) is 2.79. The molecule has 0 saturated carbocycles. The molecule has 0 aromatic heterocycles. The van der Waals surface area contributed by atoms with Crippen molar-refractivity contribution in [1.82, 2.24) is 4.90 Å². The largest absolute Gasteiger partial charge is 0.368 e. The zero-order chi connectivity index (χ0) is 14.0. The number of benzene rings is 1. The van der Waals surface area contributed by atoms with Crippen molar-refractivity contribution in [2.75, 3.05) is 19.0 Å². The summed E-state index contributed by atoms with van der Waals surface area (Å²) in [5.41, 5.74) is 0.677. The Morgan fingerprint density at radius 1 is 1.47 bits per heavy atom. The minimum Gasteiger partial charge on any atom is -0.368 e. The van der Waals surface area contributed by atoms with Crippen LogP contribution in [0.5, 0.6) is 0 Å². The van der Waals surface area contributed by atoms with E-state index in [1.165, 1.54) is 6.07 Å². The van der Waals surface area contributed by atoms with Gasteiger partial charge in [0.2, 0.25) is 0 Å². The minimum atomic E-state index is -0.374. The monoisotopic (exact) mass is 305 g/mol. The molecule has 106 valence electrons. The first-order valence-electron chi connectivity index (χ1n) is 6.30. The molecule has 1 aromatic rings. The van der Waals surface area contributed by atoms with E-state index in [2.05, 4.69) is 4.90 Å². The smallest absolute Gasteiger partial charge is 0.142 e. The van der Waals surface area contributed by atoms with Crippen LogP contribution in [0.4, 0.5) is 4.39 Å². The van der Waals surface area contributed by atoms with E-state index in [0.29, 0.717) is 12.4 Å². The highest BCUT2D eigenvalue weighted by Gasteiger charge is 2.32. The second-order valence-electron chi connectivity index (χ2n) is 5.57. The van der Waals surface area contributed by atoms with Crippen molar-refractivity contribution in [3.8, 4) is 0 Å². The minimum absolute atomic E-state index is 0.0163. The maximum absolute atomic E-state index is 13.4. The first-order chi connectivity index (χ1) is 8.89. The summed E-state index contributed by atoms with van der Waals surface area (Å²) in [6, 6.07) is 4.93. The molecule has 1 aliphatic heterocycles. The van der Waals surface area contributed by atoms with Gasteiger partial charge in [-0.25, -0.2) is 4.39 Å². The first kappa shape index (κ1) is 15.0. The van der Waals surface area contributed by atoms with Crippen LogP contribution in [0.1, 0.15) is 19.4 Å². The zero-order valence-corrected chi connectivity index (χ0v) is 12.6. The van der Waals surface area contributed by atoms with Crippen molar-refractivity contribution in [2.45, 2.75) is 32.1 Å². The molecule has 0 N–H and O–H groups in total. The second-order valence-corrected chi connectivity index (χ2v) is 6.29. The number of nitrogens with zero attached hydrogens (tertiary/aromatic N) is 1. The van der Waals surface area contributed by atoms with E-state index in [1.807, 2.05) is 19.9 Å². The first-order valence-corrected chi connectivity index (χ1v) is 7.21. The highest BCUT2D eigenvalue weighted by Crippen LogP contribution is 2.24. The fraction of sp³-hybridized carbons (Fsp3) is 0.571. The SMILES string of the molecule is CC1(C)CN(Cc2ccc(Cl)c(F)c2)CC(CCl)O1. The molecule has 1 saturated heterocycles. The van der Waals surface area contributed by atoms with Crippen LogP contribution in [-0.4, -0.2) is 35.6 Å². The maximum atomic E-state index is 13.4. The third-order valence-corrected chi connectivity index (χ3v) is 3.76. The number of alkyl halides is 1. The van der Waals surface area contributed by atoms with Crippen molar-refractivity contribution >= 4 is 23.2 Å². The summed E-state index contributed by atoms with van der Waals surface area (Å²) in [7, 11) is 0. The van der Waals surface area contributed by atoms with E-state index >= 15 is 0 Å². The average molecular weight is 306 g/mol. The highest BCUT2D eigenvalue weighted by atomic mass is 35.5. The predicted octanol–water partition coefficient (Wildman–Crippen LogP) is 3.70. The number of hydrogen-bond donors (Lipinski definition) is 0. The van der Waals surface area contributed by atoms with Crippen molar-refractivity contribution in [3.05, 3.63) is 34.6 Å². The number of ether oxygens (including phenoxy) is 1. The van der Waals surface area contributed by atoms with Gasteiger partial charge in [-0.05, 0) is 31.5 Å².